The van der Waals surface area contributed by atoms with Gasteiger partial charge in [0.1, 0.15) is 5.75 Å². The van der Waals surface area contributed by atoms with Crippen molar-refractivity contribution < 1.29 is 19.4 Å². The topological polar surface area (TPSA) is 100 Å². The number of thioether (sulfide) groups is 1. The van der Waals surface area contributed by atoms with Crippen LogP contribution >= 0.6 is 39.3 Å². The van der Waals surface area contributed by atoms with Crippen molar-refractivity contribution in [2.75, 3.05) is 7.11 Å². The van der Waals surface area contributed by atoms with Crippen LogP contribution in [0.25, 0.3) is 0 Å². The Labute approximate surface area is 148 Å². The van der Waals surface area contributed by atoms with E-state index >= 15 is 0 Å². The molecule has 0 spiro atoms. The van der Waals surface area contributed by atoms with Crippen molar-refractivity contribution >= 4 is 62.6 Å². The van der Waals surface area contributed by atoms with Gasteiger partial charge in [-0.25, -0.2) is 4.79 Å². The molecule has 23 heavy (non-hydrogen) atoms. The van der Waals surface area contributed by atoms with Crippen molar-refractivity contribution in [3.63, 3.8) is 0 Å². The van der Waals surface area contributed by atoms with Gasteiger partial charge in [0.2, 0.25) is 0 Å². The number of methoxy groups -OCH3 is 1. The van der Waals surface area contributed by atoms with E-state index in [0.29, 0.717) is 15.1 Å². The number of hydrogen-bond acceptors (Lipinski definition) is 7. The van der Waals surface area contributed by atoms with E-state index < -0.39 is 11.9 Å². The van der Waals surface area contributed by atoms with Crippen LogP contribution in [0.4, 0.5) is 0 Å². The smallest absolute Gasteiger partial charge is 0.331 e. The highest BCUT2D eigenvalue weighted by molar-refractivity contribution is 9.10. The maximum absolute atomic E-state index is 11.6. The second-order valence-electron chi connectivity index (χ2n) is 4.06. The van der Waals surface area contributed by atoms with Gasteiger partial charge in [0, 0.05) is 16.7 Å². The van der Waals surface area contributed by atoms with Crippen LogP contribution in [0, 0.1) is 0 Å². The van der Waals surface area contributed by atoms with Crippen LogP contribution in [-0.4, -0.2) is 35.5 Å². The Hall–Kier alpha value is -1.84. The molecule has 0 aliphatic carbocycles. The average molecular weight is 419 g/mol. The third kappa shape index (κ3) is 4.57. The zero-order chi connectivity index (χ0) is 17.0. The van der Waals surface area contributed by atoms with Crippen LogP contribution < -0.4 is 5.32 Å². The van der Waals surface area contributed by atoms with E-state index in [9.17, 15) is 14.7 Å². The zero-order valence-corrected chi connectivity index (χ0v) is 14.7. The molecule has 0 atom stereocenters. The van der Waals surface area contributed by atoms with Gasteiger partial charge in [-0.05, 0) is 39.8 Å². The number of rotatable bonds is 3. The lowest BCUT2D eigenvalue weighted by atomic mass is 10.2. The molecule has 0 saturated carbocycles. The first-order chi connectivity index (χ1) is 10.9. The molecule has 1 aromatic rings. The minimum Gasteiger partial charge on any atom is -0.506 e. The molecule has 7 nitrogen and oxygen atoms in total. The fourth-order valence-corrected chi connectivity index (χ4v) is 3.04. The molecule has 1 aromatic carbocycles. The molecule has 0 bridgehead atoms. The maximum atomic E-state index is 11.6. The van der Waals surface area contributed by atoms with Crippen molar-refractivity contribution in [1.29, 1.82) is 0 Å². The summed E-state index contributed by atoms with van der Waals surface area (Å²) in [4.78, 5) is 22.9. The predicted octanol–water partition coefficient (Wildman–Crippen LogP) is 2.42. The summed E-state index contributed by atoms with van der Waals surface area (Å²) in [5.74, 6) is -1.14. The standard InChI is InChI=1S/C13H9BrClN3O4S/c1-22-10(19)4-9-12(21)17-13(23-9)18-16-5-6-2-7(15)3-8(14)11(6)20/h2-5,20H,1H3,(H,17,18,21)/b9-4+,16-5?. The largest absolute Gasteiger partial charge is 0.506 e. The molecule has 1 saturated heterocycles. The Balaban J connectivity index is 2.14. The van der Waals surface area contributed by atoms with Crippen LogP contribution in [0.1, 0.15) is 5.56 Å². The highest BCUT2D eigenvalue weighted by Gasteiger charge is 2.25. The van der Waals surface area contributed by atoms with Crippen LogP contribution in [0.2, 0.25) is 5.02 Å². The number of halogens is 2. The Morgan fingerprint density at radius 2 is 2.26 bits per heavy atom. The van der Waals surface area contributed by atoms with Crippen molar-refractivity contribution in [2.24, 2.45) is 10.2 Å². The van der Waals surface area contributed by atoms with Gasteiger partial charge in [-0.15, -0.1) is 5.10 Å². The van der Waals surface area contributed by atoms with Gasteiger partial charge in [0.25, 0.3) is 5.91 Å². The molecule has 1 heterocycles. The summed E-state index contributed by atoms with van der Waals surface area (Å²) in [5, 5.41) is 20.5. The lowest BCUT2D eigenvalue weighted by molar-refractivity contribution is -0.135. The second-order valence-corrected chi connectivity index (χ2v) is 6.38. The van der Waals surface area contributed by atoms with Gasteiger partial charge in [-0.1, -0.05) is 11.6 Å². The molecule has 120 valence electrons. The van der Waals surface area contributed by atoms with Gasteiger partial charge >= 0.3 is 5.97 Å². The van der Waals surface area contributed by atoms with Crippen molar-refractivity contribution in [3.05, 3.63) is 38.2 Å². The Kier molecular flexibility index (Phi) is 5.80. The molecule has 1 fully saturated rings. The third-order valence-electron chi connectivity index (χ3n) is 2.50. The van der Waals surface area contributed by atoms with E-state index in [1.54, 1.807) is 0 Å². The zero-order valence-electron chi connectivity index (χ0n) is 11.5. The van der Waals surface area contributed by atoms with E-state index in [0.717, 1.165) is 17.8 Å². The molecule has 1 aliphatic rings. The SMILES string of the molecule is COC(=O)/C=C1/S/C(=N\N=Cc2cc(Cl)cc(Br)c2O)NC1=O. The number of esters is 1. The third-order valence-corrected chi connectivity index (χ3v) is 4.23. The van der Waals surface area contributed by atoms with Crippen molar-refractivity contribution in [2.45, 2.75) is 0 Å². The van der Waals surface area contributed by atoms with Crippen molar-refractivity contribution in [1.82, 2.24) is 5.32 Å². The van der Waals surface area contributed by atoms with Gasteiger partial charge < -0.3 is 9.84 Å². The van der Waals surface area contributed by atoms with E-state index in [2.05, 4.69) is 36.2 Å². The molecule has 2 rings (SSSR count). The summed E-state index contributed by atoms with van der Waals surface area (Å²) >= 11 is 9.98. The van der Waals surface area contributed by atoms with Crippen LogP contribution in [0.5, 0.6) is 5.75 Å². The molecular formula is C13H9BrClN3O4S. The number of nitrogens with one attached hydrogen (secondary N) is 1. The van der Waals surface area contributed by atoms with Crippen LogP contribution in [0.15, 0.2) is 37.8 Å². The molecule has 0 aromatic heterocycles. The van der Waals surface area contributed by atoms with Crippen LogP contribution in [0.3, 0.4) is 0 Å². The fourth-order valence-electron chi connectivity index (χ4n) is 1.47. The number of phenolic OH excluding ortho intramolecular Hbond substituents is 1. The summed E-state index contributed by atoms with van der Waals surface area (Å²) < 4.78 is 4.87. The maximum Gasteiger partial charge on any atom is 0.331 e. The molecule has 2 N–H and O–H groups in total. The van der Waals surface area contributed by atoms with Crippen molar-refractivity contribution in [3.8, 4) is 5.75 Å². The highest BCUT2D eigenvalue weighted by atomic mass is 79.9. The van der Waals surface area contributed by atoms with Gasteiger partial charge in [0.05, 0.1) is 22.7 Å². The second kappa shape index (κ2) is 7.62. The molecule has 10 heteroatoms. The minimum atomic E-state index is -0.638. The Morgan fingerprint density at radius 3 is 2.96 bits per heavy atom. The van der Waals surface area contributed by atoms with Gasteiger partial charge in [-0.2, -0.15) is 5.10 Å². The molecular weight excluding hydrogens is 410 g/mol. The predicted molar refractivity (Wildman–Crippen MR) is 91.7 cm³/mol. The quantitative estimate of drug-likeness (QED) is 0.340. The highest BCUT2D eigenvalue weighted by Crippen LogP contribution is 2.30. The van der Waals surface area contributed by atoms with E-state index in [-0.39, 0.29) is 15.8 Å². The molecule has 1 aliphatic heterocycles. The summed E-state index contributed by atoms with van der Waals surface area (Å²) in [6.07, 6.45) is 2.35. The number of phenols is 1. The average Bonchev–Trinajstić information content (AvgIpc) is 2.84. The number of ether oxygens (including phenoxy) is 1. The minimum absolute atomic E-state index is 0.0345. The molecule has 0 radical (unpaired) electrons. The van der Waals surface area contributed by atoms with Crippen LogP contribution in [-0.2, 0) is 14.3 Å². The number of carbonyl (C=O) groups excluding carboxylic acids is 2. The summed E-state index contributed by atoms with van der Waals surface area (Å²) in [7, 11) is 1.21. The number of benzene rings is 1. The van der Waals surface area contributed by atoms with E-state index in [1.807, 2.05) is 0 Å². The first-order valence-corrected chi connectivity index (χ1v) is 7.97. The lowest BCUT2D eigenvalue weighted by Gasteiger charge is -2.01. The number of aromatic hydroxyl groups is 1. The number of amidine groups is 1. The number of carbonyl (C=O) groups is 2. The Morgan fingerprint density at radius 1 is 1.52 bits per heavy atom. The van der Waals surface area contributed by atoms with E-state index in [1.165, 1.54) is 25.5 Å². The first-order valence-electron chi connectivity index (χ1n) is 5.98. The fraction of sp³-hybridized carbons (Fsp3) is 0.0769. The summed E-state index contributed by atoms with van der Waals surface area (Å²) in [5.41, 5.74) is 0.355. The monoisotopic (exact) mass is 417 g/mol. The summed E-state index contributed by atoms with van der Waals surface area (Å²) in [6, 6.07) is 3.05. The van der Waals surface area contributed by atoms with Gasteiger partial charge in [0.15, 0.2) is 5.17 Å². The number of hydrogen-bond donors (Lipinski definition) is 2. The Bertz CT molecular complexity index is 764. The number of amides is 1. The summed E-state index contributed by atoms with van der Waals surface area (Å²) in [6.45, 7) is 0. The van der Waals surface area contributed by atoms with E-state index in [4.69, 9.17) is 11.6 Å². The normalized spacial score (nSPS) is 18.0. The lowest BCUT2D eigenvalue weighted by Crippen LogP contribution is -2.19. The number of nitrogens with zero attached hydrogens (tertiary/aromatic N) is 2. The molecule has 0 unspecified atom stereocenters. The molecule has 1 amide bonds. The first kappa shape index (κ1) is 17.5. The van der Waals surface area contributed by atoms with Gasteiger partial charge in [-0.3, -0.25) is 10.1 Å².